The van der Waals surface area contributed by atoms with E-state index in [1.54, 1.807) is 12.3 Å². The summed E-state index contributed by atoms with van der Waals surface area (Å²) in [4.78, 5) is 8.49. The molecule has 1 aromatic carbocycles. The maximum atomic E-state index is 5.80. The lowest BCUT2D eigenvalue weighted by Gasteiger charge is -2.01. The molecule has 0 aliphatic rings. The van der Waals surface area contributed by atoms with E-state index in [0.717, 1.165) is 11.3 Å². The van der Waals surface area contributed by atoms with Crippen molar-refractivity contribution in [1.29, 1.82) is 0 Å². The highest BCUT2D eigenvalue weighted by atomic mass is 35.5. The molecule has 0 unspecified atom stereocenters. The minimum Gasteiger partial charge on any atom is -0.325 e. The third-order valence-electron chi connectivity index (χ3n) is 2.02. The molecule has 0 saturated carbocycles. The fourth-order valence-corrected chi connectivity index (χ4v) is 1.37. The summed E-state index contributed by atoms with van der Waals surface area (Å²) in [5, 5.41) is 0.703. The van der Waals surface area contributed by atoms with Crippen LogP contribution in [-0.4, -0.2) is 9.97 Å². The Balaban J connectivity index is 2.40. The van der Waals surface area contributed by atoms with Crippen LogP contribution in [-0.2, 0) is 6.54 Å². The Morgan fingerprint density at radius 3 is 2.53 bits per heavy atom. The fourth-order valence-electron chi connectivity index (χ4n) is 1.25. The molecule has 0 amide bonds. The molecule has 0 bridgehead atoms. The Hall–Kier alpha value is -1.45. The van der Waals surface area contributed by atoms with E-state index in [4.69, 9.17) is 17.3 Å². The second kappa shape index (κ2) is 4.38. The van der Waals surface area contributed by atoms with E-state index in [1.807, 2.05) is 24.3 Å². The van der Waals surface area contributed by atoms with Crippen LogP contribution < -0.4 is 5.73 Å². The predicted molar refractivity (Wildman–Crippen MR) is 60.4 cm³/mol. The number of nitrogens with two attached hydrogens (primary N) is 1. The van der Waals surface area contributed by atoms with Gasteiger partial charge in [-0.1, -0.05) is 11.6 Å². The van der Waals surface area contributed by atoms with Crippen LogP contribution in [0.25, 0.3) is 11.4 Å². The molecule has 2 N–H and O–H groups in total. The summed E-state index contributed by atoms with van der Waals surface area (Å²) < 4.78 is 0. The third-order valence-corrected chi connectivity index (χ3v) is 2.28. The standard InChI is InChI=1S/C11H10ClN3/c12-9-3-1-8(2-4-9)11-14-6-5-10(7-13)15-11/h1-6H,7,13H2. The largest absolute Gasteiger partial charge is 0.325 e. The zero-order chi connectivity index (χ0) is 10.7. The molecule has 0 spiro atoms. The Labute approximate surface area is 92.9 Å². The van der Waals surface area contributed by atoms with Crippen molar-refractivity contribution in [3.8, 4) is 11.4 Å². The Bertz CT molecular complexity index is 454. The molecule has 3 nitrogen and oxygen atoms in total. The smallest absolute Gasteiger partial charge is 0.159 e. The SMILES string of the molecule is NCc1ccnc(-c2ccc(Cl)cc2)n1. The number of aromatic nitrogens is 2. The van der Waals surface area contributed by atoms with Gasteiger partial charge in [0.25, 0.3) is 0 Å². The van der Waals surface area contributed by atoms with Crippen molar-refractivity contribution in [2.45, 2.75) is 6.54 Å². The summed E-state index contributed by atoms with van der Waals surface area (Å²) in [7, 11) is 0. The van der Waals surface area contributed by atoms with Crippen LogP contribution in [0.15, 0.2) is 36.5 Å². The van der Waals surface area contributed by atoms with E-state index in [9.17, 15) is 0 Å². The molecular formula is C11H10ClN3. The second-order valence-electron chi connectivity index (χ2n) is 3.08. The highest BCUT2D eigenvalue weighted by Gasteiger charge is 2.01. The molecule has 0 atom stereocenters. The van der Waals surface area contributed by atoms with Crippen molar-refractivity contribution in [1.82, 2.24) is 9.97 Å². The molecule has 1 heterocycles. The molecule has 4 heteroatoms. The molecule has 0 radical (unpaired) electrons. The number of hydrogen-bond donors (Lipinski definition) is 1. The minimum atomic E-state index is 0.420. The van der Waals surface area contributed by atoms with E-state index in [1.165, 1.54) is 0 Å². The number of rotatable bonds is 2. The first kappa shape index (κ1) is 10.1. The van der Waals surface area contributed by atoms with Crippen molar-refractivity contribution in [3.05, 3.63) is 47.2 Å². The summed E-state index contributed by atoms with van der Waals surface area (Å²) in [6, 6.07) is 9.21. The molecule has 1 aromatic heterocycles. The zero-order valence-corrected chi connectivity index (χ0v) is 8.78. The highest BCUT2D eigenvalue weighted by molar-refractivity contribution is 6.30. The highest BCUT2D eigenvalue weighted by Crippen LogP contribution is 2.17. The zero-order valence-electron chi connectivity index (χ0n) is 8.02. The van der Waals surface area contributed by atoms with Gasteiger partial charge in [0.15, 0.2) is 5.82 Å². The van der Waals surface area contributed by atoms with Crippen molar-refractivity contribution in [2.24, 2.45) is 5.73 Å². The van der Waals surface area contributed by atoms with Gasteiger partial charge in [-0.2, -0.15) is 0 Å². The first-order chi connectivity index (χ1) is 7.29. The summed E-state index contributed by atoms with van der Waals surface area (Å²) in [5.74, 6) is 0.676. The summed E-state index contributed by atoms with van der Waals surface area (Å²) in [6.07, 6.45) is 1.71. The lowest BCUT2D eigenvalue weighted by atomic mass is 10.2. The Kier molecular flexibility index (Phi) is 2.94. The van der Waals surface area contributed by atoms with Gasteiger partial charge in [0.1, 0.15) is 0 Å². The van der Waals surface area contributed by atoms with Gasteiger partial charge in [-0.15, -0.1) is 0 Å². The molecule has 0 fully saturated rings. The van der Waals surface area contributed by atoms with Crippen molar-refractivity contribution < 1.29 is 0 Å². The third kappa shape index (κ3) is 2.32. The van der Waals surface area contributed by atoms with E-state index in [2.05, 4.69) is 9.97 Å². The monoisotopic (exact) mass is 219 g/mol. The van der Waals surface area contributed by atoms with Gasteiger partial charge in [-0.3, -0.25) is 0 Å². The summed E-state index contributed by atoms with van der Waals surface area (Å²) in [6.45, 7) is 0.420. The minimum absolute atomic E-state index is 0.420. The molecule has 15 heavy (non-hydrogen) atoms. The fraction of sp³-hybridized carbons (Fsp3) is 0.0909. The van der Waals surface area contributed by atoms with Crippen molar-refractivity contribution >= 4 is 11.6 Å². The second-order valence-corrected chi connectivity index (χ2v) is 3.52. The number of halogens is 1. The molecule has 76 valence electrons. The number of hydrogen-bond acceptors (Lipinski definition) is 3. The van der Waals surface area contributed by atoms with Crippen LogP contribution in [0.1, 0.15) is 5.69 Å². The van der Waals surface area contributed by atoms with Gasteiger partial charge in [0.05, 0.1) is 5.69 Å². The maximum absolute atomic E-state index is 5.80. The molecular weight excluding hydrogens is 210 g/mol. The number of benzene rings is 1. The van der Waals surface area contributed by atoms with Crippen LogP contribution in [0.5, 0.6) is 0 Å². The Morgan fingerprint density at radius 1 is 1.13 bits per heavy atom. The molecule has 2 aromatic rings. The topological polar surface area (TPSA) is 51.8 Å². The van der Waals surface area contributed by atoms with Gasteiger partial charge in [-0.05, 0) is 30.3 Å². The van der Waals surface area contributed by atoms with E-state index < -0.39 is 0 Å². The van der Waals surface area contributed by atoms with Gasteiger partial charge in [0.2, 0.25) is 0 Å². The Morgan fingerprint density at radius 2 is 1.87 bits per heavy atom. The quantitative estimate of drug-likeness (QED) is 0.843. The summed E-state index contributed by atoms with van der Waals surface area (Å²) >= 11 is 5.80. The molecule has 0 aliphatic heterocycles. The van der Waals surface area contributed by atoms with E-state index >= 15 is 0 Å². The van der Waals surface area contributed by atoms with E-state index in [-0.39, 0.29) is 0 Å². The van der Waals surface area contributed by atoms with Crippen LogP contribution in [0, 0.1) is 0 Å². The first-order valence-electron chi connectivity index (χ1n) is 4.57. The van der Waals surface area contributed by atoms with E-state index in [0.29, 0.717) is 17.4 Å². The number of nitrogens with zero attached hydrogens (tertiary/aromatic N) is 2. The average Bonchev–Trinajstić information content (AvgIpc) is 2.30. The average molecular weight is 220 g/mol. The van der Waals surface area contributed by atoms with Crippen molar-refractivity contribution in [3.63, 3.8) is 0 Å². The van der Waals surface area contributed by atoms with Gasteiger partial charge in [-0.25, -0.2) is 9.97 Å². The molecule has 2 rings (SSSR count). The lowest BCUT2D eigenvalue weighted by molar-refractivity contribution is 0.969. The first-order valence-corrected chi connectivity index (χ1v) is 4.95. The molecule has 0 aliphatic carbocycles. The molecule has 0 saturated heterocycles. The van der Waals surface area contributed by atoms with Crippen LogP contribution in [0.3, 0.4) is 0 Å². The van der Waals surface area contributed by atoms with Crippen molar-refractivity contribution in [2.75, 3.05) is 0 Å². The van der Waals surface area contributed by atoms with Crippen LogP contribution in [0.4, 0.5) is 0 Å². The normalized spacial score (nSPS) is 10.3. The predicted octanol–water partition coefficient (Wildman–Crippen LogP) is 2.26. The summed E-state index contributed by atoms with van der Waals surface area (Å²) in [5.41, 5.74) is 7.28. The van der Waals surface area contributed by atoms with Gasteiger partial charge >= 0.3 is 0 Å². The maximum Gasteiger partial charge on any atom is 0.159 e. The van der Waals surface area contributed by atoms with Crippen LogP contribution in [0.2, 0.25) is 5.02 Å². The lowest BCUT2D eigenvalue weighted by Crippen LogP contribution is -2.01. The van der Waals surface area contributed by atoms with Gasteiger partial charge < -0.3 is 5.73 Å². The van der Waals surface area contributed by atoms with Crippen LogP contribution >= 0.6 is 11.6 Å². The van der Waals surface area contributed by atoms with Gasteiger partial charge in [0, 0.05) is 23.3 Å².